The Labute approximate surface area is 241 Å². The molecule has 43 heavy (non-hydrogen) atoms. The van der Waals surface area contributed by atoms with Crippen LogP contribution in [0.4, 0.5) is 39.5 Å². The van der Waals surface area contributed by atoms with Crippen LogP contribution in [0.2, 0.25) is 0 Å². The minimum atomic E-state index is -5.92. The molecule has 17 heteroatoms. The highest BCUT2D eigenvalue weighted by molar-refractivity contribution is 7.07. The van der Waals surface area contributed by atoms with Crippen molar-refractivity contribution in [3.8, 4) is 11.1 Å². The van der Waals surface area contributed by atoms with Crippen LogP contribution in [0.3, 0.4) is 0 Å². The molecule has 0 bridgehead atoms. The van der Waals surface area contributed by atoms with Crippen LogP contribution in [0.15, 0.2) is 59.4 Å². The second-order valence-electron chi connectivity index (χ2n) is 9.23. The van der Waals surface area contributed by atoms with Gasteiger partial charge in [0, 0.05) is 43.7 Å². The Morgan fingerprint density at radius 1 is 0.791 bits per heavy atom. The maximum Gasteiger partial charge on any atom is 0.490 e. The van der Waals surface area contributed by atoms with Crippen molar-refractivity contribution in [2.75, 3.05) is 26.2 Å². The van der Waals surface area contributed by atoms with Crippen LogP contribution in [0.5, 0.6) is 0 Å². The number of piperazine rings is 1. The van der Waals surface area contributed by atoms with Gasteiger partial charge in [-0.15, -0.1) is 11.3 Å². The summed E-state index contributed by atoms with van der Waals surface area (Å²) in [5, 5.41) is 18.4. The molecule has 3 aromatic rings. The third-order valence-electron chi connectivity index (χ3n) is 6.37. The van der Waals surface area contributed by atoms with Gasteiger partial charge in [0.2, 0.25) is 0 Å². The quantitative estimate of drug-likeness (QED) is 0.346. The topological polar surface area (TPSA) is 94.0 Å². The lowest BCUT2D eigenvalue weighted by molar-refractivity contribution is -0.376. The molecule has 2 N–H and O–H groups in total. The number of aliphatic carboxylic acids is 1. The molecule has 7 nitrogen and oxygen atoms in total. The Bertz CT molecular complexity index is 1350. The number of hydrogen-bond acceptors (Lipinski definition) is 6. The highest BCUT2D eigenvalue weighted by Gasteiger charge is 2.71. The molecule has 2 aromatic carbocycles. The lowest BCUT2D eigenvalue weighted by Crippen LogP contribution is -2.53. The van der Waals surface area contributed by atoms with Gasteiger partial charge in [0.25, 0.3) is 11.5 Å². The smallest absolute Gasteiger partial charge is 0.475 e. The van der Waals surface area contributed by atoms with Gasteiger partial charge in [0.05, 0.1) is 5.51 Å². The highest BCUT2D eigenvalue weighted by atomic mass is 32.1. The van der Waals surface area contributed by atoms with Gasteiger partial charge in [-0.25, -0.2) is 9.78 Å². The molecule has 1 aliphatic rings. The van der Waals surface area contributed by atoms with Crippen LogP contribution in [0.25, 0.3) is 11.1 Å². The second-order valence-corrected chi connectivity index (χ2v) is 9.94. The SMILES string of the molecule is O=C(O)C(F)(F)F.O=C(c1cscn1)N1CCN(Cc2ccc(-c3ccc(C(O)(C(F)(F)F)C(F)(F)F)cc3)cc2)CC1. The number of carbonyl (C=O) groups excluding carboxylic acids is 1. The molecular weight excluding hydrogens is 621 g/mol. The van der Waals surface area contributed by atoms with Crippen molar-refractivity contribution >= 4 is 23.2 Å². The van der Waals surface area contributed by atoms with E-state index in [9.17, 15) is 49.4 Å². The van der Waals surface area contributed by atoms with Crippen molar-refractivity contribution in [3.63, 3.8) is 0 Å². The van der Waals surface area contributed by atoms with Gasteiger partial charge in [0.1, 0.15) is 5.69 Å². The molecule has 1 aromatic heterocycles. The molecule has 0 aliphatic carbocycles. The van der Waals surface area contributed by atoms with E-state index >= 15 is 0 Å². The number of aromatic nitrogens is 1. The average Bonchev–Trinajstić information content (AvgIpc) is 3.47. The van der Waals surface area contributed by atoms with Gasteiger partial charge in [-0.1, -0.05) is 48.5 Å². The highest BCUT2D eigenvalue weighted by Crippen LogP contribution is 2.50. The Morgan fingerprint density at radius 2 is 1.26 bits per heavy atom. The van der Waals surface area contributed by atoms with E-state index in [0.717, 1.165) is 17.7 Å². The van der Waals surface area contributed by atoms with Crippen LogP contribution in [0, 0.1) is 0 Å². The van der Waals surface area contributed by atoms with Crippen molar-refractivity contribution in [3.05, 3.63) is 76.2 Å². The van der Waals surface area contributed by atoms with Crippen molar-refractivity contribution in [1.29, 1.82) is 0 Å². The molecule has 0 atom stereocenters. The number of benzene rings is 2. The zero-order valence-electron chi connectivity index (χ0n) is 21.7. The maximum atomic E-state index is 13.1. The van der Waals surface area contributed by atoms with Crippen molar-refractivity contribution in [2.45, 2.75) is 30.7 Å². The third kappa shape index (κ3) is 8.03. The van der Waals surface area contributed by atoms with Gasteiger partial charge in [-0.3, -0.25) is 9.69 Å². The summed E-state index contributed by atoms with van der Waals surface area (Å²) in [7, 11) is 0. The summed E-state index contributed by atoms with van der Waals surface area (Å²) >= 11 is 1.37. The lowest BCUT2D eigenvalue weighted by Gasteiger charge is -2.34. The fourth-order valence-electron chi connectivity index (χ4n) is 4.04. The van der Waals surface area contributed by atoms with E-state index in [1.165, 1.54) is 11.3 Å². The minimum Gasteiger partial charge on any atom is -0.475 e. The van der Waals surface area contributed by atoms with E-state index < -0.39 is 35.7 Å². The number of halogens is 9. The van der Waals surface area contributed by atoms with Gasteiger partial charge in [-0.2, -0.15) is 39.5 Å². The zero-order valence-corrected chi connectivity index (χ0v) is 22.5. The van der Waals surface area contributed by atoms with E-state index in [1.807, 2.05) is 12.1 Å². The number of amides is 1. The fraction of sp³-hybridized carbons (Fsp3) is 0.346. The summed E-state index contributed by atoms with van der Waals surface area (Å²) < 4.78 is 110. The Balaban J connectivity index is 0.000000646. The molecule has 1 amide bonds. The average molecular weight is 644 g/mol. The Kier molecular flexibility index (Phi) is 10.1. The van der Waals surface area contributed by atoms with E-state index in [1.54, 1.807) is 27.9 Å². The van der Waals surface area contributed by atoms with Crippen LogP contribution in [0.1, 0.15) is 21.6 Å². The molecule has 0 spiro atoms. The molecule has 1 aliphatic heterocycles. The molecule has 2 heterocycles. The number of hydrogen-bond donors (Lipinski definition) is 2. The van der Waals surface area contributed by atoms with Gasteiger partial charge in [-0.05, 0) is 16.7 Å². The number of carboxylic acid groups (broad SMARTS) is 1. The van der Waals surface area contributed by atoms with Crippen LogP contribution < -0.4 is 0 Å². The van der Waals surface area contributed by atoms with Crippen molar-refractivity contribution in [1.82, 2.24) is 14.8 Å². The van der Waals surface area contributed by atoms with Gasteiger partial charge >= 0.3 is 24.5 Å². The first-order valence-electron chi connectivity index (χ1n) is 12.1. The molecule has 0 saturated carbocycles. The standard InChI is InChI=1S/C24H21F6N3O2S.C2HF3O2/c25-23(26,27)22(35,24(28,29)30)19-7-5-18(6-8-19)17-3-1-16(2-4-17)13-32-9-11-33(12-10-32)21(34)20-14-36-15-31-20;3-2(4,5)1(6)7/h1-8,14-15,35H,9-13H2;(H,6,7). The van der Waals surface area contributed by atoms with Gasteiger partial charge < -0.3 is 15.1 Å². The van der Waals surface area contributed by atoms with Crippen LogP contribution >= 0.6 is 11.3 Å². The van der Waals surface area contributed by atoms with E-state index in [0.29, 0.717) is 61.7 Å². The summed E-state index contributed by atoms with van der Waals surface area (Å²) in [5.41, 5.74) is -2.20. The van der Waals surface area contributed by atoms with E-state index in [2.05, 4.69) is 9.88 Å². The number of rotatable bonds is 5. The van der Waals surface area contributed by atoms with Crippen LogP contribution in [-0.2, 0) is 16.9 Å². The third-order valence-corrected chi connectivity index (χ3v) is 6.96. The first kappa shape index (κ1) is 33.8. The maximum absolute atomic E-state index is 13.1. The van der Waals surface area contributed by atoms with Crippen LogP contribution in [-0.4, -0.2) is 81.6 Å². The largest absolute Gasteiger partial charge is 0.490 e. The summed E-state index contributed by atoms with van der Waals surface area (Å²) in [6, 6.07) is 10.6. The number of thiazole rings is 1. The molecule has 4 rings (SSSR count). The fourth-order valence-corrected chi connectivity index (χ4v) is 4.57. The zero-order chi connectivity index (χ0) is 32.2. The number of alkyl halides is 9. The summed E-state index contributed by atoms with van der Waals surface area (Å²) in [4.78, 5) is 29.3. The number of nitrogens with zero attached hydrogens (tertiary/aromatic N) is 3. The summed E-state index contributed by atoms with van der Waals surface area (Å²) in [5.74, 6) is -2.84. The monoisotopic (exact) mass is 643 g/mol. The molecule has 0 unspecified atom stereocenters. The second kappa shape index (κ2) is 12.9. The van der Waals surface area contributed by atoms with E-state index in [-0.39, 0.29) is 5.91 Å². The Morgan fingerprint density at radius 3 is 1.65 bits per heavy atom. The van der Waals surface area contributed by atoms with Gasteiger partial charge in [0.15, 0.2) is 0 Å². The van der Waals surface area contributed by atoms with Crippen molar-refractivity contribution < 1.29 is 59.3 Å². The van der Waals surface area contributed by atoms with E-state index in [4.69, 9.17) is 9.90 Å². The number of carbonyl (C=O) groups is 2. The first-order valence-corrected chi connectivity index (χ1v) is 13.0. The summed E-state index contributed by atoms with van der Waals surface area (Å²) in [6.45, 7) is 3.13. The normalized spacial score (nSPS) is 15.1. The molecular formula is C26H22F9N3O4S. The summed E-state index contributed by atoms with van der Waals surface area (Å²) in [6.07, 6.45) is -16.9. The minimum absolute atomic E-state index is 0.0878. The number of carboxylic acids is 1. The predicted octanol–water partition coefficient (Wildman–Crippen LogP) is 5.71. The predicted molar refractivity (Wildman–Crippen MR) is 135 cm³/mol. The number of aliphatic hydroxyl groups is 1. The lowest BCUT2D eigenvalue weighted by atomic mass is 9.90. The molecule has 1 fully saturated rings. The molecule has 1 saturated heterocycles. The van der Waals surface area contributed by atoms with Crippen molar-refractivity contribution in [2.24, 2.45) is 0 Å². The Hall–Kier alpha value is -3.70. The molecule has 234 valence electrons. The first-order chi connectivity index (χ1) is 19.8. The molecule has 0 radical (unpaired) electrons.